The molecule has 4 N–H and O–H groups in total. The predicted octanol–water partition coefficient (Wildman–Crippen LogP) is 3.36. The molecule has 110 valence electrons. The van der Waals surface area contributed by atoms with Crippen LogP contribution in [-0.2, 0) is 0 Å². The minimum Gasteiger partial charge on any atom is -0.497 e. The van der Waals surface area contributed by atoms with Crippen molar-refractivity contribution < 1.29 is 9.53 Å². The molecule has 0 aliphatic carbocycles. The summed E-state index contributed by atoms with van der Waals surface area (Å²) in [7, 11) is 1.58. The van der Waals surface area contributed by atoms with Crippen LogP contribution in [0.1, 0.15) is 18.5 Å². The van der Waals surface area contributed by atoms with Crippen LogP contribution in [0.3, 0.4) is 0 Å². The number of rotatable bonds is 4. The van der Waals surface area contributed by atoms with Crippen LogP contribution in [0, 0.1) is 0 Å². The summed E-state index contributed by atoms with van der Waals surface area (Å²) in [5.41, 5.74) is 8.16. The fourth-order valence-electron chi connectivity index (χ4n) is 1.89. The molecule has 0 aromatic heterocycles. The van der Waals surface area contributed by atoms with Gasteiger partial charge >= 0.3 is 6.03 Å². The molecule has 0 radical (unpaired) electrons. The second kappa shape index (κ2) is 6.76. The number of nitrogens with two attached hydrogens (primary N) is 1. The van der Waals surface area contributed by atoms with Crippen molar-refractivity contribution in [2.24, 2.45) is 5.73 Å². The highest BCUT2D eigenvalue weighted by atomic mass is 16.5. The Labute approximate surface area is 124 Å². The molecule has 0 saturated carbocycles. The number of carbonyl (C=O) groups excluding carboxylic acids is 1. The molecule has 2 aromatic rings. The number of benzene rings is 2. The molecule has 0 heterocycles. The minimum atomic E-state index is -0.315. The monoisotopic (exact) mass is 285 g/mol. The third kappa shape index (κ3) is 4.22. The highest BCUT2D eigenvalue weighted by Crippen LogP contribution is 2.18. The van der Waals surface area contributed by atoms with E-state index in [1.807, 2.05) is 43.3 Å². The maximum absolute atomic E-state index is 12.0. The Morgan fingerprint density at radius 3 is 2.33 bits per heavy atom. The van der Waals surface area contributed by atoms with Gasteiger partial charge in [0.2, 0.25) is 0 Å². The van der Waals surface area contributed by atoms with E-state index in [-0.39, 0.29) is 12.1 Å². The van der Waals surface area contributed by atoms with Gasteiger partial charge in [0.05, 0.1) is 7.11 Å². The van der Waals surface area contributed by atoms with Crippen molar-refractivity contribution in [2.45, 2.75) is 13.0 Å². The number of methoxy groups -OCH3 is 1. The number of amides is 2. The zero-order valence-electron chi connectivity index (χ0n) is 12.1. The Balaban J connectivity index is 2.02. The molecule has 0 spiro atoms. The summed E-state index contributed by atoms with van der Waals surface area (Å²) in [5.74, 6) is 0.687. The SMILES string of the molecule is COc1cccc(NC(=O)Nc2cccc(C(C)N)c2)c1. The van der Waals surface area contributed by atoms with Crippen LogP contribution in [0.5, 0.6) is 5.75 Å². The number of hydrogen-bond donors (Lipinski definition) is 3. The average Bonchev–Trinajstić information content (AvgIpc) is 2.47. The van der Waals surface area contributed by atoms with E-state index in [1.54, 1.807) is 19.2 Å². The van der Waals surface area contributed by atoms with E-state index in [9.17, 15) is 4.79 Å². The molecular weight excluding hydrogens is 266 g/mol. The van der Waals surface area contributed by atoms with E-state index in [1.165, 1.54) is 0 Å². The molecule has 2 amide bonds. The van der Waals surface area contributed by atoms with Gasteiger partial charge in [-0.3, -0.25) is 0 Å². The number of anilines is 2. The van der Waals surface area contributed by atoms with Crippen molar-refractivity contribution in [3.05, 3.63) is 54.1 Å². The normalized spacial score (nSPS) is 11.6. The fourth-order valence-corrected chi connectivity index (χ4v) is 1.89. The van der Waals surface area contributed by atoms with Crippen molar-refractivity contribution in [1.82, 2.24) is 0 Å². The first kappa shape index (κ1) is 14.9. The number of carbonyl (C=O) groups is 1. The second-order valence-corrected chi connectivity index (χ2v) is 4.73. The fraction of sp³-hybridized carbons (Fsp3) is 0.188. The highest BCUT2D eigenvalue weighted by molar-refractivity contribution is 5.99. The average molecular weight is 285 g/mol. The number of urea groups is 1. The first-order chi connectivity index (χ1) is 10.1. The van der Waals surface area contributed by atoms with Crippen LogP contribution in [0.15, 0.2) is 48.5 Å². The van der Waals surface area contributed by atoms with Gasteiger partial charge in [0.15, 0.2) is 0 Å². The van der Waals surface area contributed by atoms with Gasteiger partial charge in [-0.15, -0.1) is 0 Å². The molecule has 0 aliphatic rings. The molecule has 0 saturated heterocycles. The van der Waals surface area contributed by atoms with Gasteiger partial charge in [0.1, 0.15) is 5.75 Å². The van der Waals surface area contributed by atoms with Crippen LogP contribution in [-0.4, -0.2) is 13.1 Å². The number of hydrogen-bond acceptors (Lipinski definition) is 3. The Hall–Kier alpha value is -2.53. The van der Waals surface area contributed by atoms with Crippen LogP contribution < -0.4 is 21.1 Å². The zero-order valence-corrected chi connectivity index (χ0v) is 12.1. The summed E-state index contributed by atoms with van der Waals surface area (Å²) in [6.45, 7) is 1.90. The molecule has 5 nitrogen and oxygen atoms in total. The molecule has 21 heavy (non-hydrogen) atoms. The summed E-state index contributed by atoms with van der Waals surface area (Å²) < 4.78 is 5.11. The molecule has 0 aliphatic heterocycles. The smallest absolute Gasteiger partial charge is 0.323 e. The summed E-state index contributed by atoms with van der Waals surface area (Å²) in [5, 5.41) is 5.53. The van der Waals surface area contributed by atoms with Gasteiger partial charge in [-0.2, -0.15) is 0 Å². The van der Waals surface area contributed by atoms with Crippen LogP contribution in [0.4, 0.5) is 16.2 Å². The Morgan fingerprint density at radius 2 is 1.71 bits per heavy atom. The third-order valence-electron chi connectivity index (χ3n) is 3.00. The Bertz CT molecular complexity index is 626. The Kier molecular flexibility index (Phi) is 4.79. The number of nitrogens with one attached hydrogen (secondary N) is 2. The van der Waals surface area contributed by atoms with Gasteiger partial charge in [0.25, 0.3) is 0 Å². The van der Waals surface area contributed by atoms with Crippen molar-refractivity contribution in [3.63, 3.8) is 0 Å². The minimum absolute atomic E-state index is 0.0757. The van der Waals surface area contributed by atoms with E-state index in [4.69, 9.17) is 10.5 Å². The van der Waals surface area contributed by atoms with Crippen molar-refractivity contribution in [2.75, 3.05) is 17.7 Å². The van der Waals surface area contributed by atoms with Gasteiger partial charge in [-0.25, -0.2) is 4.79 Å². The maximum atomic E-state index is 12.0. The van der Waals surface area contributed by atoms with E-state index in [2.05, 4.69) is 10.6 Å². The largest absolute Gasteiger partial charge is 0.497 e. The lowest BCUT2D eigenvalue weighted by Crippen LogP contribution is -2.19. The number of ether oxygens (including phenoxy) is 1. The predicted molar refractivity (Wildman–Crippen MR) is 84.7 cm³/mol. The van der Waals surface area contributed by atoms with Crippen molar-refractivity contribution in [3.8, 4) is 5.75 Å². The molecular formula is C16H19N3O2. The Morgan fingerprint density at radius 1 is 1.10 bits per heavy atom. The van der Waals surface area contributed by atoms with Gasteiger partial charge in [0, 0.05) is 23.5 Å². The lowest BCUT2D eigenvalue weighted by Gasteiger charge is -2.11. The van der Waals surface area contributed by atoms with Gasteiger partial charge in [-0.05, 0) is 36.8 Å². The third-order valence-corrected chi connectivity index (χ3v) is 3.00. The lowest BCUT2D eigenvalue weighted by atomic mass is 10.1. The van der Waals surface area contributed by atoms with E-state index in [0.717, 1.165) is 5.56 Å². The first-order valence-corrected chi connectivity index (χ1v) is 6.66. The maximum Gasteiger partial charge on any atom is 0.323 e. The van der Waals surface area contributed by atoms with Crippen LogP contribution >= 0.6 is 0 Å². The molecule has 1 atom stereocenters. The molecule has 2 aromatic carbocycles. The quantitative estimate of drug-likeness (QED) is 0.806. The van der Waals surface area contributed by atoms with Crippen LogP contribution in [0.2, 0.25) is 0 Å². The van der Waals surface area contributed by atoms with Gasteiger partial charge in [-0.1, -0.05) is 18.2 Å². The van der Waals surface area contributed by atoms with E-state index >= 15 is 0 Å². The second-order valence-electron chi connectivity index (χ2n) is 4.73. The molecule has 0 fully saturated rings. The topological polar surface area (TPSA) is 76.4 Å². The molecule has 5 heteroatoms. The summed E-state index contributed by atoms with van der Waals surface area (Å²) in [6, 6.07) is 14.2. The molecule has 0 bridgehead atoms. The van der Waals surface area contributed by atoms with Crippen molar-refractivity contribution >= 4 is 17.4 Å². The van der Waals surface area contributed by atoms with Gasteiger partial charge < -0.3 is 21.1 Å². The molecule has 2 rings (SSSR count). The van der Waals surface area contributed by atoms with Crippen molar-refractivity contribution in [1.29, 1.82) is 0 Å². The molecule has 1 unspecified atom stereocenters. The lowest BCUT2D eigenvalue weighted by molar-refractivity contribution is 0.262. The zero-order chi connectivity index (χ0) is 15.2. The first-order valence-electron chi connectivity index (χ1n) is 6.66. The van der Waals surface area contributed by atoms with E-state index < -0.39 is 0 Å². The summed E-state index contributed by atoms with van der Waals surface area (Å²) >= 11 is 0. The summed E-state index contributed by atoms with van der Waals surface area (Å²) in [6.07, 6.45) is 0. The summed E-state index contributed by atoms with van der Waals surface area (Å²) in [4.78, 5) is 12.0. The van der Waals surface area contributed by atoms with Crippen LogP contribution in [0.25, 0.3) is 0 Å². The standard InChI is InChI=1S/C16H19N3O2/c1-11(17)12-5-3-6-13(9-12)18-16(20)19-14-7-4-8-15(10-14)21-2/h3-11H,17H2,1-2H3,(H2,18,19,20). The highest BCUT2D eigenvalue weighted by Gasteiger charge is 2.05. The van der Waals surface area contributed by atoms with E-state index in [0.29, 0.717) is 17.1 Å².